The van der Waals surface area contributed by atoms with Crippen molar-refractivity contribution >= 4 is 17.5 Å². The highest BCUT2D eigenvalue weighted by Crippen LogP contribution is 2.15. The fourth-order valence-electron chi connectivity index (χ4n) is 2.32. The molecule has 2 amide bonds. The molecule has 0 aliphatic carbocycles. The molecule has 0 aliphatic rings. The summed E-state index contributed by atoms with van der Waals surface area (Å²) in [7, 11) is 0. The van der Waals surface area contributed by atoms with E-state index in [1.54, 1.807) is 38.2 Å². The van der Waals surface area contributed by atoms with Gasteiger partial charge in [-0.25, -0.2) is 4.39 Å². The average molecular weight is 343 g/mol. The van der Waals surface area contributed by atoms with Crippen molar-refractivity contribution in [1.29, 1.82) is 0 Å². The summed E-state index contributed by atoms with van der Waals surface area (Å²) in [4.78, 5) is 28.7. The van der Waals surface area contributed by atoms with E-state index in [2.05, 4.69) is 15.6 Å². The van der Waals surface area contributed by atoms with Gasteiger partial charge in [0.25, 0.3) is 5.91 Å². The van der Waals surface area contributed by atoms with Gasteiger partial charge in [0.2, 0.25) is 5.91 Å². The van der Waals surface area contributed by atoms with E-state index in [1.807, 2.05) is 6.92 Å². The summed E-state index contributed by atoms with van der Waals surface area (Å²) >= 11 is 0. The van der Waals surface area contributed by atoms with Gasteiger partial charge < -0.3 is 10.6 Å². The van der Waals surface area contributed by atoms with Crippen LogP contribution in [0.1, 0.15) is 41.9 Å². The van der Waals surface area contributed by atoms with E-state index in [0.29, 0.717) is 5.56 Å². The Labute approximate surface area is 146 Å². The molecule has 132 valence electrons. The van der Waals surface area contributed by atoms with Crippen LogP contribution in [0.4, 0.5) is 10.1 Å². The number of carbonyl (C=O) groups excluding carboxylic acids is 2. The summed E-state index contributed by atoms with van der Waals surface area (Å²) in [6.45, 7) is 5.34. The molecule has 5 nitrogen and oxygen atoms in total. The lowest BCUT2D eigenvalue weighted by Crippen LogP contribution is -2.41. The molecule has 1 heterocycles. The number of carbonyl (C=O) groups is 2. The minimum atomic E-state index is -0.809. The Morgan fingerprint density at radius 1 is 1.24 bits per heavy atom. The van der Waals surface area contributed by atoms with Gasteiger partial charge >= 0.3 is 0 Å². The van der Waals surface area contributed by atoms with Crippen molar-refractivity contribution in [2.24, 2.45) is 0 Å². The first kappa shape index (κ1) is 18.6. The summed E-state index contributed by atoms with van der Waals surface area (Å²) in [6.07, 6.45) is 3.29. The van der Waals surface area contributed by atoms with Gasteiger partial charge in [-0.2, -0.15) is 0 Å². The second-order valence-electron chi connectivity index (χ2n) is 5.95. The van der Waals surface area contributed by atoms with Crippen LogP contribution in [0.3, 0.4) is 0 Å². The van der Waals surface area contributed by atoms with E-state index in [0.717, 1.165) is 24.1 Å². The Hall–Kier alpha value is -2.76. The number of aromatic nitrogens is 1. The van der Waals surface area contributed by atoms with E-state index < -0.39 is 17.8 Å². The van der Waals surface area contributed by atoms with Crippen molar-refractivity contribution in [1.82, 2.24) is 10.3 Å². The van der Waals surface area contributed by atoms with Crippen LogP contribution in [0.2, 0.25) is 0 Å². The lowest BCUT2D eigenvalue weighted by molar-refractivity contribution is -0.117. The predicted octanol–water partition coefficient (Wildman–Crippen LogP) is 3.24. The van der Waals surface area contributed by atoms with E-state index in [9.17, 15) is 14.0 Å². The van der Waals surface area contributed by atoms with Crippen LogP contribution < -0.4 is 10.6 Å². The summed E-state index contributed by atoms with van der Waals surface area (Å²) < 4.78 is 13.8. The fraction of sp³-hybridized carbons (Fsp3) is 0.316. The van der Waals surface area contributed by atoms with Crippen molar-refractivity contribution < 1.29 is 14.0 Å². The fourth-order valence-corrected chi connectivity index (χ4v) is 2.32. The average Bonchev–Trinajstić information content (AvgIpc) is 2.57. The molecule has 0 fully saturated rings. The molecule has 25 heavy (non-hydrogen) atoms. The summed E-state index contributed by atoms with van der Waals surface area (Å²) in [5, 5.41) is 5.10. The molecular weight excluding hydrogens is 321 g/mol. The number of rotatable bonds is 6. The van der Waals surface area contributed by atoms with Crippen LogP contribution in [-0.2, 0) is 11.2 Å². The molecule has 0 saturated heterocycles. The second kappa shape index (κ2) is 8.37. The number of pyridine rings is 1. The molecule has 2 aromatic rings. The quantitative estimate of drug-likeness (QED) is 0.846. The Morgan fingerprint density at radius 3 is 2.68 bits per heavy atom. The molecule has 1 aromatic carbocycles. The number of hydrogen-bond donors (Lipinski definition) is 2. The Morgan fingerprint density at radius 2 is 2.00 bits per heavy atom. The van der Waals surface area contributed by atoms with Crippen LogP contribution in [0, 0.1) is 12.7 Å². The normalized spacial score (nSPS) is 11.7. The zero-order valence-electron chi connectivity index (χ0n) is 14.6. The number of amides is 2. The first-order chi connectivity index (χ1) is 11.9. The maximum absolute atomic E-state index is 13.8. The molecule has 2 N–H and O–H groups in total. The van der Waals surface area contributed by atoms with Crippen LogP contribution >= 0.6 is 0 Å². The molecule has 2 rings (SSSR count). The number of hydrogen-bond acceptors (Lipinski definition) is 3. The summed E-state index contributed by atoms with van der Waals surface area (Å²) in [5.74, 6) is -1.36. The number of aryl methyl sites for hydroxylation is 2. The number of halogens is 1. The van der Waals surface area contributed by atoms with Crippen molar-refractivity contribution in [3.05, 3.63) is 59.2 Å². The lowest BCUT2D eigenvalue weighted by Gasteiger charge is -2.15. The zero-order valence-corrected chi connectivity index (χ0v) is 14.6. The van der Waals surface area contributed by atoms with Gasteiger partial charge in [-0.15, -0.1) is 0 Å². The Bertz CT molecular complexity index is 777. The molecule has 6 heteroatoms. The van der Waals surface area contributed by atoms with Crippen LogP contribution in [0.25, 0.3) is 0 Å². The molecule has 0 bridgehead atoms. The van der Waals surface area contributed by atoms with Crippen LogP contribution in [0.15, 0.2) is 36.5 Å². The highest BCUT2D eigenvalue weighted by Gasteiger charge is 2.18. The van der Waals surface area contributed by atoms with Gasteiger partial charge in [-0.3, -0.25) is 14.6 Å². The highest BCUT2D eigenvalue weighted by molar-refractivity contribution is 6.01. The third-order valence-corrected chi connectivity index (χ3v) is 3.71. The predicted molar refractivity (Wildman–Crippen MR) is 94.9 cm³/mol. The molecular formula is C19H22FN3O2. The monoisotopic (exact) mass is 343 g/mol. The topological polar surface area (TPSA) is 71.1 Å². The number of nitrogens with one attached hydrogen (secondary N) is 2. The molecule has 0 saturated carbocycles. The van der Waals surface area contributed by atoms with Crippen molar-refractivity contribution in [3.63, 3.8) is 0 Å². The zero-order chi connectivity index (χ0) is 18.4. The number of nitrogens with zero attached hydrogens (tertiary/aromatic N) is 1. The Balaban J connectivity index is 2.00. The minimum Gasteiger partial charge on any atom is -0.341 e. The van der Waals surface area contributed by atoms with Gasteiger partial charge in [0, 0.05) is 17.5 Å². The van der Waals surface area contributed by atoms with Gasteiger partial charge in [0.15, 0.2) is 0 Å². The van der Waals surface area contributed by atoms with Crippen LogP contribution in [-0.4, -0.2) is 22.8 Å². The van der Waals surface area contributed by atoms with E-state index >= 15 is 0 Å². The Kier molecular flexibility index (Phi) is 6.22. The van der Waals surface area contributed by atoms with Crippen molar-refractivity contribution in [2.45, 2.75) is 39.7 Å². The summed E-state index contributed by atoms with van der Waals surface area (Å²) in [5.41, 5.74) is 2.12. The van der Waals surface area contributed by atoms with Gasteiger partial charge in [0.05, 0.1) is 5.69 Å². The van der Waals surface area contributed by atoms with Crippen molar-refractivity contribution in [2.75, 3.05) is 5.32 Å². The third kappa shape index (κ3) is 5.11. The highest BCUT2D eigenvalue weighted by atomic mass is 19.1. The van der Waals surface area contributed by atoms with Crippen molar-refractivity contribution in [3.8, 4) is 0 Å². The number of anilines is 1. The van der Waals surface area contributed by atoms with Gasteiger partial charge in [-0.1, -0.05) is 19.4 Å². The van der Waals surface area contributed by atoms with Gasteiger partial charge in [0.1, 0.15) is 11.9 Å². The van der Waals surface area contributed by atoms with Gasteiger partial charge in [-0.05, 0) is 50.1 Å². The first-order valence-electron chi connectivity index (χ1n) is 8.23. The molecule has 1 aromatic heterocycles. The summed E-state index contributed by atoms with van der Waals surface area (Å²) in [6, 6.07) is 7.04. The maximum atomic E-state index is 13.8. The lowest BCUT2D eigenvalue weighted by atomic mass is 10.1. The van der Waals surface area contributed by atoms with E-state index in [1.165, 1.54) is 12.1 Å². The standard InChI is InChI=1S/C19H22FN3O2/c1-4-5-15-11-14(8-9-21-15)19(25)22-13(3)18(24)23-17-7-6-12(2)10-16(17)20/h6-11,13H,4-5H2,1-3H3,(H,22,25)(H,23,24). The second-order valence-corrected chi connectivity index (χ2v) is 5.95. The minimum absolute atomic E-state index is 0.0887. The molecule has 0 aliphatic heterocycles. The number of benzene rings is 1. The van der Waals surface area contributed by atoms with E-state index in [-0.39, 0.29) is 11.6 Å². The third-order valence-electron chi connectivity index (χ3n) is 3.71. The molecule has 1 unspecified atom stereocenters. The smallest absolute Gasteiger partial charge is 0.252 e. The first-order valence-corrected chi connectivity index (χ1v) is 8.23. The molecule has 1 atom stereocenters. The molecule has 0 spiro atoms. The van der Waals surface area contributed by atoms with Crippen LogP contribution in [0.5, 0.6) is 0 Å². The maximum Gasteiger partial charge on any atom is 0.252 e. The largest absolute Gasteiger partial charge is 0.341 e. The SMILES string of the molecule is CCCc1cc(C(=O)NC(C)C(=O)Nc2ccc(C)cc2F)ccn1. The van der Waals surface area contributed by atoms with E-state index in [4.69, 9.17) is 0 Å². The molecule has 0 radical (unpaired) electrons.